The molecule has 0 radical (unpaired) electrons. The fourth-order valence-electron chi connectivity index (χ4n) is 1.81. The van der Waals surface area contributed by atoms with E-state index in [1.807, 2.05) is 0 Å². The number of rotatable bonds is 5. The van der Waals surface area contributed by atoms with E-state index in [2.05, 4.69) is 0 Å². The van der Waals surface area contributed by atoms with Crippen LogP contribution in [-0.4, -0.2) is 41.6 Å². The van der Waals surface area contributed by atoms with E-state index in [1.165, 1.54) is 24.3 Å². The first-order chi connectivity index (χ1) is 12.1. The number of aliphatic hydroxyl groups is 1. The first-order valence-corrected chi connectivity index (χ1v) is 10.6. The average molecular weight is 504 g/mol. The number of halogens is 6. The second kappa shape index (κ2) is 8.63. The molecule has 0 atom stereocenters. The second-order valence-electron chi connectivity index (χ2n) is 5.01. The van der Waals surface area contributed by atoms with E-state index in [0.717, 1.165) is 24.3 Å². The van der Waals surface area contributed by atoms with Gasteiger partial charge in [-0.25, -0.2) is 0 Å². The van der Waals surface area contributed by atoms with Gasteiger partial charge in [0.1, 0.15) is 0 Å². The van der Waals surface area contributed by atoms with Gasteiger partial charge in [0.05, 0.1) is 0 Å². The molecular weight excluding hydrogens is 492 g/mol. The molecule has 0 aliphatic heterocycles. The molecule has 9 heteroatoms. The molecule has 2 aromatic carbocycles. The first-order valence-electron chi connectivity index (χ1n) is 7.08. The summed E-state index contributed by atoms with van der Waals surface area (Å²) in [7, 11) is 0. The van der Waals surface area contributed by atoms with Crippen LogP contribution in [0.5, 0.6) is 0 Å². The maximum atomic E-state index is 12.5. The molecule has 26 heavy (non-hydrogen) atoms. The molecule has 1 N–H and O–H groups in total. The van der Waals surface area contributed by atoms with Crippen molar-refractivity contribution in [2.45, 2.75) is 12.4 Å². The fourth-order valence-corrected chi connectivity index (χ4v) is 5.64. The third-order valence-electron chi connectivity index (χ3n) is 3.09. The minimum absolute atomic E-state index is 0.247. The number of alkyl halides is 6. The van der Waals surface area contributed by atoms with Gasteiger partial charge in [-0.05, 0) is 0 Å². The summed E-state index contributed by atoms with van der Waals surface area (Å²) in [5.41, 5.74) is -1.46. The Morgan fingerprint density at radius 1 is 0.769 bits per heavy atom. The predicted molar refractivity (Wildman–Crippen MR) is 88.8 cm³/mol. The Morgan fingerprint density at radius 3 is 1.58 bits per heavy atom. The molecule has 0 heterocycles. The normalized spacial score (nSPS) is 13.1. The van der Waals surface area contributed by atoms with Gasteiger partial charge in [-0.3, -0.25) is 0 Å². The molecule has 0 amide bonds. The average Bonchev–Trinajstić information content (AvgIpc) is 2.58. The summed E-state index contributed by atoms with van der Waals surface area (Å²) in [6.45, 7) is -0.247. The van der Waals surface area contributed by atoms with Crippen molar-refractivity contribution >= 4 is 38.8 Å². The number of hydrogen-bond acceptors (Lipinski definition) is 1. The molecule has 0 aliphatic rings. The zero-order valence-corrected chi connectivity index (χ0v) is 16.4. The van der Waals surface area contributed by atoms with Crippen LogP contribution in [0.3, 0.4) is 0 Å². The van der Waals surface area contributed by atoms with Crippen LogP contribution in [0.1, 0.15) is 11.1 Å². The maximum absolute atomic E-state index is 12.5. The van der Waals surface area contributed by atoms with Gasteiger partial charge in [0, 0.05) is 0 Å². The van der Waals surface area contributed by atoms with Crippen molar-refractivity contribution in [1.29, 1.82) is 0 Å². The third kappa shape index (κ3) is 6.18. The molecular formula is C17H12F6OSe2. The number of aliphatic hydroxyl groups excluding tert-OH is 1. The second-order valence-corrected chi connectivity index (χ2v) is 9.50. The Kier molecular flexibility index (Phi) is 6.99. The van der Waals surface area contributed by atoms with Crippen LogP contribution in [0.25, 0.3) is 0 Å². The summed E-state index contributed by atoms with van der Waals surface area (Å²) >= 11 is -0.637. The standard InChI is InChI=1S/C17H12F6OSe2/c18-16(19,20)11-1-5-13(6-2-11)25-10-15(9-24)26-14-7-3-12(4-8-14)17(21,22)23/h1-8,10,24H,9H2/b15-10+. The topological polar surface area (TPSA) is 20.2 Å². The van der Waals surface area contributed by atoms with Crippen molar-refractivity contribution in [1.82, 2.24) is 0 Å². The van der Waals surface area contributed by atoms with E-state index in [4.69, 9.17) is 0 Å². The Morgan fingerprint density at radius 2 is 1.19 bits per heavy atom. The van der Waals surface area contributed by atoms with E-state index in [0.29, 0.717) is 13.4 Å². The Labute approximate surface area is 158 Å². The van der Waals surface area contributed by atoms with Gasteiger partial charge in [0.25, 0.3) is 0 Å². The van der Waals surface area contributed by atoms with Gasteiger partial charge in [0.15, 0.2) is 0 Å². The summed E-state index contributed by atoms with van der Waals surface area (Å²) in [5, 5.41) is 9.43. The zero-order valence-electron chi connectivity index (χ0n) is 12.9. The van der Waals surface area contributed by atoms with Crippen molar-refractivity contribution in [2.75, 3.05) is 6.61 Å². The first kappa shape index (κ1) is 21.1. The van der Waals surface area contributed by atoms with Gasteiger partial charge in [0.2, 0.25) is 0 Å². The molecule has 2 rings (SSSR count). The van der Waals surface area contributed by atoms with Crippen molar-refractivity contribution in [3.05, 3.63) is 69.1 Å². The molecule has 0 unspecified atom stereocenters. The Bertz CT molecular complexity index is 749. The third-order valence-corrected chi connectivity index (χ3v) is 7.97. The monoisotopic (exact) mass is 506 g/mol. The summed E-state index contributed by atoms with van der Waals surface area (Å²) < 4.78 is 77.3. The Hall–Kier alpha value is -1.24. The van der Waals surface area contributed by atoms with Crippen LogP contribution < -0.4 is 8.92 Å². The SMILES string of the molecule is OC/C(=C\[Se]c1ccc(C(F)(F)F)cc1)[Se]c1ccc(C(F)(F)F)cc1. The molecule has 0 saturated carbocycles. The van der Waals surface area contributed by atoms with Crippen LogP contribution in [0, 0.1) is 0 Å². The van der Waals surface area contributed by atoms with E-state index >= 15 is 0 Å². The molecule has 0 spiro atoms. The summed E-state index contributed by atoms with van der Waals surface area (Å²) in [6, 6.07) is 9.52. The molecule has 0 fully saturated rings. The fraction of sp³-hybridized carbons (Fsp3) is 0.176. The van der Waals surface area contributed by atoms with Gasteiger partial charge < -0.3 is 0 Å². The van der Waals surface area contributed by atoms with Gasteiger partial charge in [-0.15, -0.1) is 0 Å². The van der Waals surface area contributed by atoms with Crippen molar-refractivity contribution < 1.29 is 31.4 Å². The quantitative estimate of drug-likeness (QED) is 0.491. The molecule has 0 aliphatic carbocycles. The van der Waals surface area contributed by atoms with Crippen molar-refractivity contribution in [3.63, 3.8) is 0 Å². The van der Waals surface area contributed by atoms with Crippen LogP contribution in [-0.2, 0) is 12.4 Å². The van der Waals surface area contributed by atoms with Crippen LogP contribution in [0.15, 0.2) is 58.0 Å². The van der Waals surface area contributed by atoms with Gasteiger partial charge in [-0.1, -0.05) is 0 Å². The summed E-state index contributed by atoms with van der Waals surface area (Å²) in [6.07, 6.45) is -8.78. The van der Waals surface area contributed by atoms with E-state index in [9.17, 15) is 31.4 Å². The minimum atomic E-state index is -4.40. The molecule has 0 aromatic heterocycles. The van der Waals surface area contributed by atoms with Crippen LogP contribution in [0.4, 0.5) is 26.3 Å². The molecule has 140 valence electrons. The van der Waals surface area contributed by atoms with E-state index in [1.54, 1.807) is 4.97 Å². The van der Waals surface area contributed by atoms with Crippen molar-refractivity contribution in [3.8, 4) is 0 Å². The van der Waals surface area contributed by atoms with E-state index < -0.39 is 23.5 Å². The van der Waals surface area contributed by atoms with Gasteiger partial charge in [-0.2, -0.15) is 0 Å². The van der Waals surface area contributed by atoms with Crippen LogP contribution >= 0.6 is 0 Å². The van der Waals surface area contributed by atoms with Crippen molar-refractivity contribution in [2.24, 2.45) is 0 Å². The number of hydrogen-bond donors (Lipinski definition) is 1. The van der Waals surface area contributed by atoms with Gasteiger partial charge >= 0.3 is 158 Å². The molecule has 0 bridgehead atoms. The predicted octanol–water partition coefficient (Wildman–Crippen LogP) is 2.92. The van der Waals surface area contributed by atoms with E-state index in [-0.39, 0.29) is 36.5 Å². The number of benzene rings is 2. The summed E-state index contributed by atoms with van der Waals surface area (Å²) in [5.74, 6) is 0. The zero-order chi connectivity index (χ0) is 19.4. The molecule has 2 aromatic rings. The summed E-state index contributed by atoms with van der Waals surface area (Å²) in [4.78, 5) is 1.76. The Balaban J connectivity index is 2.04. The molecule has 1 nitrogen and oxygen atoms in total. The molecule has 0 saturated heterocycles. The van der Waals surface area contributed by atoms with Crippen LogP contribution in [0.2, 0.25) is 0 Å².